The van der Waals surface area contributed by atoms with Crippen LogP contribution in [0, 0.1) is 24.7 Å². The summed E-state index contributed by atoms with van der Waals surface area (Å²) >= 11 is 0. The van der Waals surface area contributed by atoms with E-state index in [0.29, 0.717) is 17.7 Å². The second-order valence-corrected chi connectivity index (χ2v) is 10.6. The fourth-order valence-electron chi connectivity index (χ4n) is 4.90. The van der Waals surface area contributed by atoms with Gasteiger partial charge in [-0.05, 0) is 72.6 Å². The van der Waals surface area contributed by atoms with Gasteiger partial charge < -0.3 is 10.1 Å². The van der Waals surface area contributed by atoms with Gasteiger partial charge in [-0.1, -0.05) is 31.9 Å². The predicted octanol–water partition coefficient (Wildman–Crippen LogP) is 3.68. The minimum Gasteiger partial charge on any atom is -0.497 e. The number of aromatic nitrogens is 2. The van der Waals surface area contributed by atoms with Crippen molar-refractivity contribution >= 4 is 11.7 Å². The first-order valence-corrected chi connectivity index (χ1v) is 13.0. The molecule has 1 aliphatic rings. The molecule has 0 saturated heterocycles. The van der Waals surface area contributed by atoms with Gasteiger partial charge in [0.15, 0.2) is 0 Å². The average Bonchev–Trinajstić information content (AvgIpc) is 3.66. The van der Waals surface area contributed by atoms with Gasteiger partial charge >= 0.3 is 5.69 Å². The fraction of sp³-hybridized carbons (Fsp3) is 0.355. The van der Waals surface area contributed by atoms with Crippen molar-refractivity contribution in [2.45, 2.75) is 59.0 Å². The van der Waals surface area contributed by atoms with E-state index in [4.69, 9.17) is 11.2 Å². The molecule has 8 heteroatoms. The summed E-state index contributed by atoms with van der Waals surface area (Å²) < 4.78 is 6.52. The summed E-state index contributed by atoms with van der Waals surface area (Å²) in [5.74, 6) is 2.38. The molecule has 0 atom stereocenters. The van der Waals surface area contributed by atoms with Crippen LogP contribution in [0.5, 0.6) is 5.75 Å². The lowest BCUT2D eigenvalue weighted by atomic mass is 9.94. The quantitative estimate of drug-likeness (QED) is 0.309. The molecular weight excluding hydrogens is 494 g/mol. The minimum atomic E-state index is -0.664. The highest BCUT2D eigenvalue weighted by atomic mass is 16.5. The van der Waals surface area contributed by atoms with Crippen LogP contribution in [0.3, 0.4) is 0 Å². The van der Waals surface area contributed by atoms with Crippen molar-refractivity contribution < 1.29 is 14.3 Å². The largest absolute Gasteiger partial charge is 0.497 e. The van der Waals surface area contributed by atoms with E-state index in [0.717, 1.165) is 29.7 Å². The molecule has 8 nitrogen and oxygen atoms in total. The van der Waals surface area contributed by atoms with E-state index in [9.17, 15) is 19.2 Å². The zero-order valence-electron chi connectivity index (χ0n) is 22.7. The van der Waals surface area contributed by atoms with Gasteiger partial charge in [-0.2, -0.15) is 0 Å². The predicted molar refractivity (Wildman–Crippen MR) is 149 cm³/mol. The summed E-state index contributed by atoms with van der Waals surface area (Å²) in [4.78, 5) is 55.2. The molecule has 2 N–H and O–H groups in total. The molecule has 0 aliphatic heterocycles. The van der Waals surface area contributed by atoms with Gasteiger partial charge in [-0.25, -0.2) is 4.79 Å². The number of aromatic amines is 1. The number of hydrogen-bond acceptors (Lipinski definition) is 5. The van der Waals surface area contributed by atoms with Gasteiger partial charge in [0.25, 0.3) is 5.56 Å². The average molecular weight is 528 g/mol. The number of hydrogen-bond donors (Lipinski definition) is 2. The maximum atomic E-state index is 13.9. The Morgan fingerprint density at radius 1 is 1.15 bits per heavy atom. The lowest BCUT2D eigenvalue weighted by molar-refractivity contribution is -0.122. The van der Waals surface area contributed by atoms with Crippen LogP contribution in [-0.2, 0) is 17.9 Å². The number of ketones is 1. The third kappa shape index (κ3) is 6.20. The maximum Gasteiger partial charge on any atom is 0.328 e. The second kappa shape index (κ2) is 11.2. The van der Waals surface area contributed by atoms with Gasteiger partial charge in [0.1, 0.15) is 11.4 Å². The van der Waals surface area contributed by atoms with Gasteiger partial charge in [-0.3, -0.25) is 23.9 Å². The van der Waals surface area contributed by atoms with Crippen molar-refractivity contribution in [3.8, 4) is 18.1 Å². The minimum absolute atomic E-state index is 0.0530. The number of amides is 1. The van der Waals surface area contributed by atoms with Gasteiger partial charge in [0, 0.05) is 36.2 Å². The molecule has 0 spiro atoms. The Morgan fingerprint density at radius 3 is 2.44 bits per heavy atom. The number of rotatable bonds is 10. The van der Waals surface area contributed by atoms with Crippen LogP contribution in [0.1, 0.15) is 77.3 Å². The van der Waals surface area contributed by atoms with Crippen molar-refractivity contribution in [3.63, 3.8) is 0 Å². The number of methoxy groups -OCH3 is 1. The van der Waals surface area contributed by atoms with Crippen molar-refractivity contribution in [1.29, 1.82) is 0 Å². The molecular formula is C31H33N3O5. The summed E-state index contributed by atoms with van der Waals surface area (Å²) in [5, 5.41) is 2.94. The topological polar surface area (TPSA) is 110 Å². The number of carbonyl (C=O) groups is 2. The van der Waals surface area contributed by atoms with E-state index < -0.39 is 22.4 Å². The van der Waals surface area contributed by atoms with Crippen LogP contribution in [0.4, 0.5) is 0 Å². The highest BCUT2D eigenvalue weighted by Gasteiger charge is 2.45. The fourth-order valence-corrected chi connectivity index (χ4v) is 4.90. The molecule has 0 bridgehead atoms. The molecule has 1 fully saturated rings. The lowest BCUT2D eigenvalue weighted by Crippen LogP contribution is -2.40. The SMILES string of the molecule is C#Cc1cc(C)cc(C(=O)c2c(C(C)C)c(=O)[nH]c(=O)n2CC2(CC(=O)NCc3ccc(OC)cc3)CC2)c1. The summed E-state index contributed by atoms with van der Waals surface area (Å²) in [6.07, 6.45) is 7.23. The first kappa shape index (κ1) is 27.6. The summed E-state index contributed by atoms with van der Waals surface area (Å²) in [7, 11) is 1.60. The van der Waals surface area contributed by atoms with Gasteiger partial charge in [0.05, 0.1) is 7.11 Å². The van der Waals surface area contributed by atoms with Crippen molar-refractivity contribution in [1.82, 2.24) is 14.9 Å². The maximum absolute atomic E-state index is 13.9. The molecule has 39 heavy (non-hydrogen) atoms. The van der Waals surface area contributed by atoms with E-state index in [-0.39, 0.29) is 36.0 Å². The Hall–Kier alpha value is -4.38. The summed E-state index contributed by atoms with van der Waals surface area (Å²) in [6.45, 7) is 5.95. The van der Waals surface area contributed by atoms with Crippen LogP contribution in [0.25, 0.3) is 0 Å². The number of terminal acetylenes is 1. The normalized spacial score (nSPS) is 13.5. The van der Waals surface area contributed by atoms with Crippen LogP contribution >= 0.6 is 0 Å². The Labute approximate surface area is 227 Å². The van der Waals surface area contributed by atoms with E-state index in [1.807, 2.05) is 31.2 Å². The van der Waals surface area contributed by atoms with E-state index >= 15 is 0 Å². The standard InChI is InChI=1S/C31H33N3O5/c1-6-21-13-20(4)14-23(15-21)28(36)27-26(19(2)3)29(37)33-30(38)34(27)18-31(11-12-31)16-25(35)32-17-22-7-9-24(39-5)10-8-22/h1,7-10,13-15,19H,11-12,16-18H2,2-5H3,(H,32,35)(H,33,37,38). The van der Waals surface area contributed by atoms with Crippen LogP contribution in [0.2, 0.25) is 0 Å². The highest BCUT2D eigenvalue weighted by molar-refractivity contribution is 6.09. The van der Waals surface area contributed by atoms with Crippen LogP contribution in [0.15, 0.2) is 52.1 Å². The number of nitrogens with one attached hydrogen (secondary N) is 2. The van der Waals surface area contributed by atoms with Crippen LogP contribution in [-0.4, -0.2) is 28.4 Å². The number of nitrogens with zero attached hydrogens (tertiary/aromatic N) is 1. The summed E-state index contributed by atoms with van der Waals surface area (Å²) in [6, 6.07) is 12.5. The molecule has 0 unspecified atom stereocenters. The monoisotopic (exact) mass is 527 g/mol. The highest BCUT2D eigenvalue weighted by Crippen LogP contribution is 2.50. The lowest BCUT2D eigenvalue weighted by Gasteiger charge is -2.22. The number of H-pyrrole nitrogens is 1. The molecule has 4 rings (SSSR count). The zero-order chi connectivity index (χ0) is 28.3. The first-order valence-electron chi connectivity index (χ1n) is 13.0. The van der Waals surface area contributed by atoms with Crippen LogP contribution < -0.4 is 21.3 Å². The third-order valence-corrected chi connectivity index (χ3v) is 7.17. The molecule has 3 aromatic rings. The second-order valence-electron chi connectivity index (χ2n) is 10.6. The van der Waals surface area contributed by atoms with Gasteiger partial charge in [-0.15, -0.1) is 6.42 Å². The van der Waals surface area contributed by atoms with Crippen molar-refractivity contribution in [2.75, 3.05) is 7.11 Å². The summed E-state index contributed by atoms with van der Waals surface area (Å²) in [5.41, 5.74) is 1.15. The zero-order valence-corrected chi connectivity index (χ0v) is 22.7. The number of ether oxygens (including phenoxy) is 1. The molecule has 1 amide bonds. The molecule has 1 aromatic heterocycles. The Kier molecular flexibility index (Phi) is 7.91. The Balaban J connectivity index is 1.63. The smallest absolute Gasteiger partial charge is 0.328 e. The van der Waals surface area contributed by atoms with Crippen molar-refractivity contribution in [3.05, 3.63) is 96.8 Å². The van der Waals surface area contributed by atoms with E-state index in [1.165, 1.54) is 4.57 Å². The molecule has 1 heterocycles. The molecule has 1 aliphatic carbocycles. The van der Waals surface area contributed by atoms with Crippen molar-refractivity contribution in [2.24, 2.45) is 5.41 Å². The van der Waals surface area contributed by atoms with E-state index in [2.05, 4.69) is 16.2 Å². The third-order valence-electron chi connectivity index (χ3n) is 7.17. The number of aryl methyl sites for hydroxylation is 1. The Morgan fingerprint density at radius 2 is 1.85 bits per heavy atom. The first-order chi connectivity index (χ1) is 18.6. The molecule has 2 aromatic carbocycles. The number of carbonyl (C=O) groups excluding carboxylic acids is 2. The van der Waals surface area contributed by atoms with Gasteiger partial charge in [0.2, 0.25) is 11.7 Å². The molecule has 1 saturated carbocycles. The number of benzene rings is 2. The molecule has 0 radical (unpaired) electrons. The molecule has 202 valence electrons. The Bertz CT molecular complexity index is 1570. The van der Waals surface area contributed by atoms with E-state index in [1.54, 1.807) is 39.2 Å².